The topological polar surface area (TPSA) is 58.4 Å². The molecule has 2 aromatic rings. The molecule has 1 N–H and O–H groups in total. The van der Waals surface area contributed by atoms with Crippen molar-refractivity contribution in [1.29, 1.82) is 0 Å². The summed E-state index contributed by atoms with van der Waals surface area (Å²) in [6.07, 6.45) is 0. The molecular formula is C15H19N3O2S. The molecule has 0 saturated carbocycles. The van der Waals surface area contributed by atoms with Crippen molar-refractivity contribution < 1.29 is 4.92 Å². The highest BCUT2D eigenvalue weighted by atomic mass is 32.1. The van der Waals surface area contributed by atoms with Crippen LogP contribution in [0.5, 0.6) is 0 Å². The summed E-state index contributed by atoms with van der Waals surface area (Å²) in [4.78, 5) is 12.7. The molecule has 6 heteroatoms. The van der Waals surface area contributed by atoms with Crippen molar-refractivity contribution in [3.63, 3.8) is 0 Å². The van der Waals surface area contributed by atoms with Crippen molar-refractivity contribution in [3.05, 3.63) is 56.3 Å². The van der Waals surface area contributed by atoms with Crippen molar-refractivity contribution in [1.82, 2.24) is 4.90 Å². The van der Waals surface area contributed by atoms with E-state index in [-0.39, 0.29) is 10.6 Å². The predicted octanol–water partition coefficient (Wildman–Crippen LogP) is 3.72. The zero-order valence-electron chi connectivity index (χ0n) is 12.2. The summed E-state index contributed by atoms with van der Waals surface area (Å²) in [6.45, 7) is 4.30. The molecule has 112 valence electrons. The molecule has 0 fully saturated rings. The first-order valence-electron chi connectivity index (χ1n) is 6.81. The van der Waals surface area contributed by atoms with Crippen LogP contribution in [0.2, 0.25) is 0 Å². The quantitative estimate of drug-likeness (QED) is 0.625. The maximum atomic E-state index is 10.9. The molecule has 0 spiro atoms. The fraction of sp³-hybridized carbons (Fsp3) is 0.333. The van der Waals surface area contributed by atoms with Gasteiger partial charge in [-0.3, -0.25) is 15.0 Å². The van der Waals surface area contributed by atoms with Gasteiger partial charge in [0.2, 0.25) is 0 Å². The van der Waals surface area contributed by atoms with Gasteiger partial charge in [0.05, 0.1) is 4.92 Å². The number of thiophene rings is 1. The largest absolute Gasteiger partial charge is 0.385 e. The maximum Gasteiger partial charge on any atom is 0.269 e. The lowest BCUT2D eigenvalue weighted by Gasteiger charge is -2.18. The Morgan fingerprint density at radius 2 is 2.14 bits per heavy atom. The second-order valence-electron chi connectivity index (χ2n) is 4.93. The lowest BCUT2D eigenvalue weighted by Crippen LogP contribution is -2.18. The summed E-state index contributed by atoms with van der Waals surface area (Å²) in [5.74, 6) is 0. The lowest BCUT2D eigenvalue weighted by molar-refractivity contribution is -0.384. The molecule has 0 aliphatic rings. The highest BCUT2D eigenvalue weighted by Crippen LogP contribution is 2.24. The number of nitrogens with one attached hydrogen (secondary N) is 1. The smallest absolute Gasteiger partial charge is 0.269 e. The molecule has 0 aliphatic heterocycles. The maximum absolute atomic E-state index is 10.9. The summed E-state index contributed by atoms with van der Waals surface area (Å²) >= 11 is 1.68. The van der Waals surface area contributed by atoms with Crippen molar-refractivity contribution in [2.24, 2.45) is 0 Å². The van der Waals surface area contributed by atoms with Crippen LogP contribution in [0, 0.1) is 10.1 Å². The Morgan fingerprint density at radius 3 is 2.76 bits per heavy atom. The summed E-state index contributed by atoms with van der Waals surface area (Å²) < 4.78 is 0. The van der Waals surface area contributed by atoms with Gasteiger partial charge in [0.25, 0.3) is 5.69 Å². The zero-order valence-corrected chi connectivity index (χ0v) is 13.0. The third-order valence-corrected chi connectivity index (χ3v) is 3.87. The number of hydrogen-bond acceptors (Lipinski definition) is 5. The van der Waals surface area contributed by atoms with Gasteiger partial charge in [0.15, 0.2) is 0 Å². The Bertz CT molecular complexity index is 599. The average Bonchev–Trinajstić information content (AvgIpc) is 2.93. The molecule has 1 aromatic carbocycles. The number of nitro groups is 1. The minimum absolute atomic E-state index is 0.135. The molecule has 0 aliphatic carbocycles. The normalized spacial score (nSPS) is 10.8. The third kappa shape index (κ3) is 4.27. The average molecular weight is 305 g/mol. The molecule has 21 heavy (non-hydrogen) atoms. The fourth-order valence-corrected chi connectivity index (χ4v) is 2.89. The van der Waals surface area contributed by atoms with E-state index in [0.29, 0.717) is 6.54 Å². The second-order valence-corrected chi connectivity index (χ2v) is 5.71. The predicted molar refractivity (Wildman–Crippen MR) is 86.8 cm³/mol. The molecule has 5 nitrogen and oxygen atoms in total. The van der Waals surface area contributed by atoms with Gasteiger partial charge >= 0.3 is 0 Å². The molecule has 0 amide bonds. The van der Waals surface area contributed by atoms with Crippen LogP contribution in [0.1, 0.15) is 18.1 Å². The third-order valence-electron chi connectivity index (χ3n) is 3.14. The number of benzene rings is 1. The number of non-ortho nitro benzene ring substituents is 1. The first kappa shape index (κ1) is 15.5. The Morgan fingerprint density at radius 1 is 1.33 bits per heavy atom. The van der Waals surface area contributed by atoms with E-state index in [1.54, 1.807) is 29.5 Å². The number of nitro benzene ring substituents is 1. The van der Waals surface area contributed by atoms with Crippen molar-refractivity contribution in [2.75, 3.05) is 18.9 Å². The van der Waals surface area contributed by atoms with Gasteiger partial charge in [-0.2, -0.15) is 11.3 Å². The first-order valence-corrected chi connectivity index (χ1v) is 7.75. The summed E-state index contributed by atoms with van der Waals surface area (Å²) in [5, 5.41) is 18.4. The van der Waals surface area contributed by atoms with Crippen LogP contribution in [-0.4, -0.2) is 23.4 Å². The fourth-order valence-electron chi connectivity index (χ4n) is 2.23. The molecule has 0 unspecified atom stereocenters. The van der Waals surface area contributed by atoms with E-state index in [2.05, 4.69) is 27.0 Å². The Labute approximate surface area is 128 Å². The Balaban J connectivity index is 2.15. The van der Waals surface area contributed by atoms with Crippen molar-refractivity contribution in [2.45, 2.75) is 20.0 Å². The lowest BCUT2D eigenvalue weighted by atomic mass is 10.1. The van der Waals surface area contributed by atoms with Crippen LogP contribution >= 0.6 is 11.3 Å². The number of hydrogen-bond donors (Lipinski definition) is 1. The molecular weight excluding hydrogens is 286 g/mol. The van der Waals surface area contributed by atoms with Crippen LogP contribution in [0.25, 0.3) is 0 Å². The van der Waals surface area contributed by atoms with Crippen molar-refractivity contribution in [3.8, 4) is 0 Å². The van der Waals surface area contributed by atoms with E-state index >= 15 is 0 Å². The number of nitrogens with zero attached hydrogens (tertiary/aromatic N) is 2. The molecule has 0 atom stereocenters. The minimum atomic E-state index is -0.349. The minimum Gasteiger partial charge on any atom is -0.385 e. The second kappa shape index (κ2) is 7.19. The summed E-state index contributed by atoms with van der Waals surface area (Å²) in [6, 6.07) is 7.08. The highest BCUT2D eigenvalue weighted by molar-refractivity contribution is 7.07. The van der Waals surface area contributed by atoms with E-state index in [9.17, 15) is 10.1 Å². The Kier molecular flexibility index (Phi) is 5.30. The molecule has 1 aromatic heterocycles. The standard InChI is InChI=1S/C15H19N3O2S/c1-3-16-15-5-4-14(18(19)20)8-13(15)10-17(2)9-12-6-7-21-11-12/h4-8,11,16H,3,9-10H2,1-2H3. The van der Waals surface area contributed by atoms with Gasteiger partial charge in [-0.15, -0.1) is 0 Å². The molecule has 2 rings (SSSR count). The number of anilines is 1. The SMILES string of the molecule is CCNc1ccc([N+](=O)[O-])cc1CN(C)Cc1ccsc1. The monoisotopic (exact) mass is 305 g/mol. The first-order chi connectivity index (χ1) is 10.1. The zero-order chi connectivity index (χ0) is 15.2. The van der Waals surface area contributed by atoms with Gasteiger partial charge in [-0.1, -0.05) is 0 Å². The van der Waals surface area contributed by atoms with E-state index < -0.39 is 0 Å². The highest BCUT2D eigenvalue weighted by Gasteiger charge is 2.12. The molecule has 0 saturated heterocycles. The van der Waals surface area contributed by atoms with Crippen LogP contribution in [-0.2, 0) is 13.1 Å². The molecule has 0 bridgehead atoms. The van der Waals surface area contributed by atoms with E-state index in [1.807, 2.05) is 14.0 Å². The molecule has 0 radical (unpaired) electrons. The summed E-state index contributed by atoms with van der Waals surface area (Å²) in [7, 11) is 2.02. The van der Waals surface area contributed by atoms with Gasteiger partial charge < -0.3 is 5.32 Å². The van der Waals surface area contributed by atoms with E-state index in [4.69, 9.17) is 0 Å². The van der Waals surface area contributed by atoms with Gasteiger partial charge in [-0.25, -0.2) is 0 Å². The van der Waals surface area contributed by atoms with Crippen LogP contribution in [0.4, 0.5) is 11.4 Å². The van der Waals surface area contributed by atoms with E-state index in [0.717, 1.165) is 24.3 Å². The Hall–Kier alpha value is -1.92. The van der Waals surface area contributed by atoms with Crippen LogP contribution < -0.4 is 5.32 Å². The van der Waals surface area contributed by atoms with Gasteiger partial charge in [0, 0.05) is 37.5 Å². The van der Waals surface area contributed by atoms with Crippen LogP contribution in [0.15, 0.2) is 35.0 Å². The summed E-state index contributed by atoms with van der Waals surface area (Å²) in [5.41, 5.74) is 3.30. The number of rotatable bonds is 7. The van der Waals surface area contributed by atoms with Gasteiger partial charge in [0.1, 0.15) is 0 Å². The van der Waals surface area contributed by atoms with E-state index in [1.165, 1.54) is 5.56 Å². The van der Waals surface area contributed by atoms with Crippen LogP contribution in [0.3, 0.4) is 0 Å². The molecule has 1 heterocycles. The van der Waals surface area contributed by atoms with Crippen molar-refractivity contribution >= 4 is 22.7 Å². The van der Waals surface area contributed by atoms with Gasteiger partial charge in [-0.05, 0) is 48.0 Å².